The van der Waals surface area contributed by atoms with Crippen molar-refractivity contribution in [3.63, 3.8) is 0 Å². The van der Waals surface area contributed by atoms with Crippen LogP contribution in [0.4, 0.5) is 0 Å². The highest BCUT2D eigenvalue weighted by atomic mass is 16.5. The van der Waals surface area contributed by atoms with E-state index in [0.717, 1.165) is 31.4 Å². The van der Waals surface area contributed by atoms with Gasteiger partial charge in [0.05, 0.1) is 12.5 Å². The number of β-amino-alcohol motifs (C(OH)–C–C–N with tert-alkyl or cyclic N) is 1. The van der Waals surface area contributed by atoms with E-state index in [1.165, 1.54) is 6.42 Å². The minimum atomic E-state index is -0.548. The summed E-state index contributed by atoms with van der Waals surface area (Å²) in [6.45, 7) is 2.00. The first kappa shape index (κ1) is 17.7. The van der Waals surface area contributed by atoms with E-state index in [0.29, 0.717) is 24.8 Å². The van der Waals surface area contributed by atoms with Crippen LogP contribution < -0.4 is 4.74 Å². The number of hydrogen-bond donors (Lipinski definition) is 2. The maximum Gasteiger partial charge on any atom is 0.119 e. The Morgan fingerprint density at radius 1 is 1.30 bits per heavy atom. The number of benzene rings is 1. The molecular formula is C18H26N2O3. The van der Waals surface area contributed by atoms with Crippen molar-refractivity contribution >= 4 is 0 Å². The molecule has 23 heavy (non-hydrogen) atoms. The monoisotopic (exact) mass is 318 g/mol. The van der Waals surface area contributed by atoms with Crippen molar-refractivity contribution < 1.29 is 14.9 Å². The third kappa shape index (κ3) is 5.83. The van der Waals surface area contributed by atoms with Crippen LogP contribution in [0.1, 0.15) is 31.2 Å². The van der Waals surface area contributed by atoms with Gasteiger partial charge in [0.2, 0.25) is 0 Å². The molecule has 2 rings (SSSR count). The second kappa shape index (κ2) is 9.51. The van der Waals surface area contributed by atoms with Gasteiger partial charge >= 0.3 is 0 Å². The molecule has 1 aromatic carbocycles. The summed E-state index contributed by atoms with van der Waals surface area (Å²) < 4.78 is 5.63. The standard InChI is InChI=1S/C18H26N2O3/c19-10-8-15-4-6-18(7-5-15)23-14-17(22)13-20-11-2-1-3-16(20)9-12-21/h4-7,16-17,21-22H,1-3,8-9,11-14H2/t16-,17-/m1/s1. The maximum absolute atomic E-state index is 10.2. The lowest BCUT2D eigenvalue weighted by Crippen LogP contribution is -2.45. The first-order chi connectivity index (χ1) is 11.2. The van der Waals surface area contributed by atoms with Gasteiger partial charge in [0.1, 0.15) is 18.5 Å². The van der Waals surface area contributed by atoms with Gasteiger partial charge in [-0.3, -0.25) is 4.90 Å². The van der Waals surface area contributed by atoms with E-state index in [4.69, 9.17) is 15.1 Å². The zero-order valence-corrected chi connectivity index (χ0v) is 13.5. The molecule has 126 valence electrons. The van der Waals surface area contributed by atoms with Gasteiger partial charge in [-0.15, -0.1) is 0 Å². The molecule has 0 bridgehead atoms. The first-order valence-electron chi connectivity index (χ1n) is 8.34. The topological polar surface area (TPSA) is 76.7 Å². The van der Waals surface area contributed by atoms with Crippen molar-refractivity contribution in [2.75, 3.05) is 26.3 Å². The van der Waals surface area contributed by atoms with Crippen molar-refractivity contribution in [3.05, 3.63) is 29.8 Å². The zero-order valence-electron chi connectivity index (χ0n) is 13.5. The summed E-state index contributed by atoms with van der Waals surface area (Å²) in [7, 11) is 0. The Bertz CT molecular complexity index is 496. The number of nitrogens with zero attached hydrogens (tertiary/aromatic N) is 2. The number of ether oxygens (including phenoxy) is 1. The fourth-order valence-corrected chi connectivity index (χ4v) is 3.09. The zero-order chi connectivity index (χ0) is 16.5. The summed E-state index contributed by atoms with van der Waals surface area (Å²) in [4.78, 5) is 2.27. The van der Waals surface area contributed by atoms with Gasteiger partial charge < -0.3 is 14.9 Å². The Kier molecular flexibility index (Phi) is 7.34. The van der Waals surface area contributed by atoms with Crippen molar-refractivity contribution in [1.82, 2.24) is 4.90 Å². The van der Waals surface area contributed by atoms with Gasteiger partial charge in [-0.1, -0.05) is 18.6 Å². The predicted octanol–water partition coefficient (Wildman–Crippen LogP) is 1.73. The summed E-state index contributed by atoms with van der Waals surface area (Å²) in [6.07, 6.45) is 4.05. The summed E-state index contributed by atoms with van der Waals surface area (Å²) in [5.74, 6) is 0.705. The maximum atomic E-state index is 10.2. The molecule has 2 atom stereocenters. The van der Waals surface area contributed by atoms with E-state index < -0.39 is 6.10 Å². The van der Waals surface area contributed by atoms with Gasteiger partial charge in [-0.25, -0.2) is 0 Å². The normalized spacial score (nSPS) is 20.0. The molecule has 1 saturated heterocycles. The molecule has 0 aliphatic carbocycles. The molecule has 1 aromatic rings. The van der Waals surface area contributed by atoms with E-state index in [2.05, 4.69) is 11.0 Å². The molecule has 2 N–H and O–H groups in total. The number of nitriles is 1. The molecular weight excluding hydrogens is 292 g/mol. The highest BCUT2D eigenvalue weighted by molar-refractivity contribution is 5.28. The summed E-state index contributed by atoms with van der Waals surface area (Å²) in [5, 5.41) is 28.0. The fraction of sp³-hybridized carbons (Fsp3) is 0.611. The average Bonchev–Trinajstić information content (AvgIpc) is 2.57. The fourth-order valence-electron chi connectivity index (χ4n) is 3.09. The molecule has 0 spiro atoms. The number of aliphatic hydroxyl groups is 2. The molecule has 0 unspecified atom stereocenters. The minimum Gasteiger partial charge on any atom is -0.491 e. The van der Waals surface area contributed by atoms with E-state index in [-0.39, 0.29) is 13.2 Å². The highest BCUT2D eigenvalue weighted by Crippen LogP contribution is 2.20. The Morgan fingerprint density at radius 3 is 2.78 bits per heavy atom. The molecule has 0 radical (unpaired) electrons. The van der Waals surface area contributed by atoms with Crippen LogP contribution in [0.2, 0.25) is 0 Å². The van der Waals surface area contributed by atoms with Crippen LogP contribution in [-0.4, -0.2) is 53.6 Å². The molecule has 1 fully saturated rings. The van der Waals surface area contributed by atoms with E-state index in [9.17, 15) is 5.11 Å². The Labute approximate surface area is 138 Å². The van der Waals surface area contributed by atoms with Crippen LogP contribution in [0.25, 0.3) is 0 Å². The number of piperidine rings is 1. The third-order valence-electron chi connectivity index (χ3n) is 4.31. The van der Waals surface area contributed by atoms with Gasteiger partial charge in [0.15, 0.2) is 0 Å². The SMILES string of the molecule is N#CCc1ccc(OC[C@H](O)CN2CCCC[C@@H]2CCO)cc1. The molecule has 0 saturated carbocycles. The molecule has 1 aliphatic heterocycles. The second-order valence-electron chi connectivity index (χ2n) is 6.10. The van der Waals surface area contributed by atoms with Crippen molar-refractivity contribution in [3.8, 4) is 11.8 Å². The Morgan fingerprint density at radius 2 is 2.09 bits per heavy atom. The molecule has 5 heteroatoms. The molecule has 5 nitrogen and oxygen atoms in total. The number of rotatable bonds is 8. The first-order valence-corrected chi connectivity index (χ1v) is 8.34. The molecule has 1 aliphatic rings. The quantitative estimate of drug-likeness (QED) is 0.763. The predicted molar refractivity (Wildman–Crippen MR) is 88.2 cm³/mol. The van der Waals surface area contributed by atoms with Gasteiger partial charge in [0, 0.05) is 19.2 Å². The van der Waals surface area contributed by atoms with Crippen molar-refractivity contribution in [2.24, 2.45) is 0 Å². The summed E-state index contributed by atoms with van der Waals surface area (Å²) >= 11 is 0. The number of hydrogen-bond acceptors (Lipinski definition) is 5. The number of likely N-dealkylation sites (tertiary alicyclic amines) is 1. The lowest BCUT2D eigenvalue weighted by Gasteiger charge is -2.36. The van der Waals surface area contributed by atoms with Gasteiger partial charge in [-0.2, -0.15) is 5.26 Å². The Balaban J connectivity index is 1.77. The van der Waals surface area contributed by atoms with Gasteiger partial charge in [-0.05, 0) is 43.5 Å². The van der Waals surface area contributed by atoms with Crippen LogP contribution in [0.15, 0.2) is 24.3 Å². The second-order valence-corrected chi connectivity index (χ2v) is 6.10. The van der Waals surface area contributed by atoms with E-state index in [1.54, 1.807) is 0 Å². The lowest BCUT2D eigenvalue weighted by atomic mass is 9.99. The van der Waals surface area contributed by atoms with Crippen LogP contribution in [-0.2, 0) is 6.42 Å². The molecule has 0 aromatic heterocycles. The van der Waals surface area contributed by atoms with E-state index in [1.807, 2.05) is 24.3 Å². The summed E-state index contributed by atoms with van der Waals surface area (Å²) in [5.41, 5.74) is 0.959. The Hall–Kier alpha value is -1.61. The van der Waals surface area contributed by atoms with Crippen molar-refractivity contribution in [1.29, 1.82) is 5.26 Å². The average molecular weight is 318 g/mol. The van der Waals surface area contributed by atoms with Crippen molar-refractivity contribution in [2.45, 2.75) is 44.2 Å². The van der Waals surface area contributed by atoms with E-state index >= 15 is 0 Å². The smallest absolute Gasteiger partial charge is 0.119 e. The highest BCUT2D eigenvalue weighted by Gasteiger charge is 2.24. The lowest BCUT2D eigenvalue weighted by molar-refractivity contribution is 0.0332. The molecule has 0 amide bonds. The number of aliphatic hydroxyl groups excluding tert-OH is 2. The summed E-state index contributed by atoms with van der Waals surface area (Å²) in [6, 6.07) is 9.87. The van der Waals surface area contributed by atoms with Crippen LogP contribution in [0, 0.1) is 11.3 Å². The van der Waals surface area contributed by atoms with Crippen LogP contribution in [0.3, 0.4) is 0 Å². The minimum absolute atomic E-state index is 0.197. The van der Waals surface area contributed by atoms with Crippen LogP contribution >= 0.6 is 0 Å². The third-order valence-corrected chi connectivity index (χ3v) is 4.31. The van der Waals surface area contributed by atoms with Crippen LogP contribution in [0.5, 0.6) is 5.75 Å². The van der Waals surface area contributed by atoms with Gasteiger partial charge in [0.25, 0.3) is 0 Å². The molecule has 1 heterocycles. The largest absolute Gasteiger partial charge is 0.491 e.